The molecule has 0 aromatic heterocycles. The quantitative estimate of drug-likeness (QED) is 0.0224. The molecule has 4 aliphatic rings. The summed E-state index contributed by atoms with van der Waals surface area (Å²) in [5, 5.41) is 6.74. The van der Waals surface area contributed by atoms with Crippen molar-refractivity contribution in [1.29, 1.82) is 0 Å². The fourth-order valence-electron chi connectivity index (χ4n) is 8.03. The molecule has 19 heteroatoms. The van der Waals surface area contributed by atoms with Gasteiger partial charge in [-0.1, -0.05) is 0 Å². The molecule has 372 valence electrons. The van der Waals surface area contributed by atoms with Gasteiger partial charge in [-0.25, -0.2) is 19.0 Å². The van der Waals surface area contributed by atoms with Gasteiger partial charge in [-0.3, -0.25) is 4.79 Å². The zero-order valence-corrected chi connectivity index (χ0v) is 39.4. The molecular formula is C50H60F3N4O12+. The zero-order chi connectivity index (χ0) is 49.3. The van der Waals surface area contributed by atoms with Crippen molar-refractivity contribution in [2.45, 2.75) is 31.9 Å². The van der Waals surface area contributed by atoms with Crippen LogP contribution in [0.4, 0.5) is 23.7 Å². The molecular weight excluding hydrogens is 906 g/mol. The van der Waals surface area contributed by atoms with Crippen molar-refractivity contribution in [2.75, 3.05) is 119 Å². The van der Waals surface area contributed by atoms with Crippen molar-refractivity contribution >= 4 is 40.6 Å². The molecule has 2 N–H and O–H groups in total. The molecule has 0 bridgehead atoms. The van der Waals surface area contributed by atoms with E-state index in [4.69, 9.17) is 32.8 Å². The number of fused-ring (bicyclic) bond motifs is 3. The van der Waals surface area contributed by atoms with Crippen molar-refractivity contribution in [3.8, 4) is 34.3 Å². The Morgan fingerprint density at radius 3 is 1.91 bits per heavy atom. The lowest BCUT2D eigenvalue weighted by Gasteiger charge is -2.20. The number of esters is 2. The average Bonchev–Trinajstić information content (AvgIpc) is 3.97. The van der Waals surface area contributed by atoms with E-state index < -0.39 is 30.1 Å². The van der Waals surface area contributed by atoms with Gasteiger partial charge >= 0.3 is 24.2 Å². The van der Waals surface area contributed by atoms with Crippen LogP contribution in [0.3, 0.4) is 0 Å². The molecule has 1 unspecified atom stereocenters. The molecule has 69 heavy (non-hydrogen) atoms. The molecule has 1 fully saturated rings. The minimum Gasteiger partial charge on any atom is -0.456 e. The Morgan fingerprint density at radius 1 is 0.739 bits per heavy atom. The van der Waals surface area contributed by atoms with E-state index in [1.807, 2.05) is 37.7 Å². The van der Waals surface area contributed by atoms with E-state index in [0.717, 1.165) is 42.8 Å². The number of alkyl halides is 3. The highest BCUT2D eigenvalue weighted by Gasteiger charge is 2.49. The Labute approximate surface area is 398 Å². The minimum atomic E-state index is -5.42. The second kappa shape index (κ2) is 25.5. The highest BCUT2D eigenvalue weighted by molar-refractivity contribution is 6.11. The molecule has 0 saturated heterocycles. The summed E-state index contributed by atoms with van der Waals surface area (Å²) in [4.78, 5) is 52.5. The van der Waals surface area contributed by atoms with Gasteiger partial charge in [0.2, 0.25) is 5.36 Å². The Balaban J connectivity index is 0.889. The van der Waals surface area contributed by atoms with Crippen molar-refractivity contribution in [3.63, 3.8) is 0 Å². The van der Waals surface area contributed by atoms with Crippen LogP contribution in [0.1, 0.15) is 46.4 Å². The predicted molar refractivity (Wildman–Crippen MR) is 249 cm³/mol. The fraction of sp³-hybridized carbons (Fsp3) is 0.500. The summed E-state index contributed by atoms with van der Waals surface area (Å²) >= 11 is 0. The number of nitrogens with zero attached hydrogens (tertiary/aromatic N) is 2. The number of benzene rings is 3. The molecule has 2 aromatic carbocycles. The SMILES string of the molecule is CN(C)c1ccc2c(-c3cc(C(=O)NCCOCCOCCOCCOCCOCCNC(=O)OCC4[C@H]5CCC#CCC[C@@H]45)ccc3C(=O)OC(=O)C(F)(F)F)c3ccc(=[N+](C)C)cc-3oc2c1. The summed E-state index contributed by atoms with van der Waals surface area (Å²) in [5.74, 6) is 3.71. The smallest absolute Gasteiger partial charge is 0.456 e. The van der Waals surface area contributed by atoms with Crippen molar-refractivity contribution in [1.82, 2.24) is 15.2 Å². The Kier molecular flexibility index (Phi) is 19.4. The van der Waals surface area contributed by atoms with Gasteiger partial charge in [-0.05, 0) is 72.6 Å². The molecule has 0 spiro atoms. The number of carbonyl (C=O) groups is 4. The van der Waals surface area contributed by atoms with Crippen molar-refractivity contribution < 1.29 is 69.9 Å². The first-order valence-corrected chi connectivity index (χ1v) is 22.9. The van der Waals surface area contributed by atoms with Gasteiger partial charge in [0.1, 0.15) is 25.4 Å². The van der Waals surface area contributed by atoms with Gasteiger partial charge in [0, 0.05) is 79.9 Å². The monoisotopic (exact) mass is 965 g/mol. The predicted octanol–water partition coefficient (Wildman–Crippen LogP) is 5.53. The molecule has 3 aliphatic carbocycles. The van der Waals surface area contributed by atoms with Gasteiger partial charge in [0.15, 0.2) is 0 Å². The average molecular weight is 966 g/mol. The number of hydrogen-bond donors (Lipinski definition) is 2. The van der Waals surface area contributed by atoms with Gasteiger partial charge in [-0.2, -0.15) is 13.2 Å². The van der Waals surface area contributed by atoms with E-state index in [1.54, 1.807) is 36.4 Å². The van der Waals surface area contributed by atoms with Crippen LogP contribution < -0.4 is 25.5 Å². The lowest BCUT2D eigenvalue weighted by molar-refractivity contribution is -0.193. The molecule has 1 heterocycles. The minimum absolute atomic E-state index is 0.0442. The van der Waals surface area contributed by atoms with Gasteiger partial charge < -0.3 is 53.1 Å². The topological polar surface area (TPSA) is 176 Å². The van der Waals surface area contributed by atoms with E-state index in [9.17, 15) is 32.3 Å². The number of anilines is 1. The third-order valence-electron chi connectivity index (χ3n) is 11.7. The van der Waals surface area contributed by atoms with Crippen LogP contribution in [-0.4, -0.2) is 144 Å². The first-order chi connectivity index (χ1) is 33.2. The van der Waals surface area contributed by atoms with Crippen LogP contribution in [0.15, 0.2) is 59.0 Å². The lowest BCUT2D eigenvalue weighted by atomic mass is 9.89. The molecule has 2 aromatic rings. The van der Waals surface area contributed by atoms with Gasteiger partial charge in [0.05, 0.1) is 84.3 Å². The molecule has 0 radical (unpaired) electrons. The number of amides is 2. The summed E-state index contributed by atoms with van der Waals surface area (Å²) in [6.07, 6.45) is -1.81. The standard InChI is InChI=1S/C50H59F3N4O12/c1-56(2)34-12-15-39-43(30-34)68-44-31-35(57(3)4)13-16-40(44)45(39)41-29-33(11-14-38(41)47(59)69-48(60)50(51,52)53)46(58)54-17-19-62-21-23-64-25-27-66-28-26-65-24-22-63-20-18-55-49(61)67-32-42-36-9-7-5-6-8-10-37(36)42/h11-16,29-31,36-37,42H,7-10,17-28,32H2,1-4H3,(H-,54,55,58,61)/p+1/t36-,37+,42?. The fourth-order valence-corrected chi connectivity index (χ4v) is 8.03. The second-order valence-corrected chi connectivity index (χ2v) is 16.8. The van der Waals surface area contributed by atoms with Crippen LogP contribution in [-0.2, 0) is 38.0 Å². The number of halogens is 3. The lowest BCUT2D eigenvalue weighted by Crippen LogP contribution is -2.29. The largest absolute Gasteiger partial charge is 0.491 e. The number of rotatable bonds is 24. The molecule has 3 atom stereocenters. The summed E-state index contributed by atoms with van der Waals surface area (Å²) in [6.45, 7) is 4.12. The van der Waals surface area contributed by atoms with E-state index >= 15 is 0 Å². The van der Waals surface area contributed by atoms with Crippen molar-refractivity contribution in [3.05, 3.63) is 71.1 Å². The van der Waals surface area contributed by atoms with Crippen LogP contribution in [0.2, 0.25) is 0 Å². The maximum atomic E-state index is 13.5. The summed E-state index contributed by atoms with van der Waals surface area (Å²) in [5.41, 5.74) is 1.78. The highest BCUT2D eigenvalue weighted by atomic mass is 19.4. The van der Waals surface area contributed by atoms with Gasteiger partial charge in [-0.15, -0.1) is 11.8 Å². The molecule has 16 nitrogen and oxygen atoms in total. The number of hydrogen-bond acceptors (Lipinski definition) is 13. The third kappa shape index (κ3) is 15.2. The Hall–Kier alpha value is -6.04. The second-order valence-electron chi connectivity index (χ2n) is 16.8. The molecule has 1 aliphatic heterocycles. The number of nitrogens with one attached hydrogen (secondary N) is 2. The van der Waals surface area contributed by atoms with E-state index in [-0.39, 0.29) is 43.1 Å². The van der Waals surface area contributed by atoms with Crippen LogP contribution >= 0.6 is 0 Å². The summed E-state index contributed by atoms with van der Waals surface area (Å²) in [7, 11) is 7.39. The highest BCUT2D eigenvalue weighted by Crippen LogP contribution is 2.52. The first-order valence-electron chi connectivity index (χ1n) is 22.9. The van der Waals surface area contributed by atoms with Crippen molar-refractivity contribution in [2.24, 2.45) is 17.8 Å². The molecule has 2 amide bonds. The van der Waals surface area contributed by atoms with Crippen LogP contribution in [0.5, 0.6) is 0 Å². The summed E-state index contributed by atoms with van der Waals surface area (Å²) < 4.78 is 85.2. The molecule has 1 saturated carbocycles. The maximum absolute atomic E-state index is 13.5. The van der Waals surface area contributed by atoms with E-state index in [0.29, 0.717) is 105 Å². The van der Waals surface area contributed by atoms with Crippen LogP contribution in [0, 0.1) is 29.6 Å². The normalized spacial score (nSPS) is 16.4. The number of ether oxygens (including phenoxy) is 7. The summed E-state index contributed by atoms with van der Waals surface area (Å²) in [6, 6.07) is 14.5. The first kappa shape index (κ1) is 52.3. The zero-order valence-electron chi connectivity index (χ0n) is 39.4. The third-order valence-corrected chi connectivity index (χ3v) is 11.7. The van der Waals surface area contributed by atoms with Crippen LogP contribution in [0.25, 0.3) is 33.4 Å². The Bertz CT molecular complexity index is 2490. The van der Waals surface area contributed by atoms with Gasteiger partial charge in [0.25, 0.3) is 5.91 Å². The number of alkyl carbamates (subject to hydrolysis) is 1. The van der Waals surface area contributed by atoms with E-state index in [2.05, 4.69) is 27.2 Å². The molecule has 6 rings (SSSR count). The Morgan fingerprint density at radius 2 is 1.33 bits per heavy atom. The van der Waals surface area contributed by atoms with E-state index in [1.165, 1.54) is 12.1 Å². The number of carbonyl (C=O) groups excluding carboxylic acids is 4. The maximum Gasteiger partial charge on any atom is 0.491 e.